The van der Waals surface area contributed by atoms with E-state index in [0.29, 0.717) is 66.9 Å². The van der Waals surface area contributed by atoms with Crippen molar-refractivity contribution < 1.29 is 52.7 Å². The molecule has 0 aliphatic heterocycles. The van der Waals surface area contributed by atoms with Crippen molar-refractivity contribution >= 4 is 43.6 Å². The predicted octanol–water partition coefficient (Wildman–Crippen LogP) is 16.7. The number of aromatic nitrogens is 2. The Balaban J connectivity index is 1.25. The third kappa shape index (κ3) is 7.52. The molecule has 0 amide bonds. The fourth-order valence-corrected chi connectivity index (χ4v) is 9.29. The lowest BCUT2D eigenvalue weighted by molar-refractivity contribution is -0.144. The molecule has 0 saturated heterocycles. The number of nitriles is 2. The van der Waals surface area contributed by atoms with Gasteiger partial charge in [-0.05, 0) is 107 Å². The van der Waals surface area contributed by atoms with E-state index in [4.69, 9.17) is 0 Å². The van der Waals surface area contributed by atoms with Crippen molar-refractivity contribution in [2.75, 3.05) is 0 Å². The molecule has 0 saturated carbocycles. The maximum Gasteiger partial charge on any atom is 0.417 e. The van der Waals surface area contributed by atoms with Crippen LogP contribution < -0.4 is 0 Å². The van der Waals surface area contributed by atoms with Crippen LogP contribution in [0.1, 0.15) is 33.4 Å². The molecule has 10 rings (SSSR count). The van der Waals surface area contributed by atoms with Crippen LogP contribution in [0.3, 0.4) is 0 Å². The standard InChI is InChI=1S/C54H26F12N4/c55-51(56,57)33-14-16-35(43(25-33)53(61,62)63)31-12-19-47-40(23-31)38-8-1-3-10-45(38)69(47)49-21-18-37(30-7-5-6-29(22-30)27-67)50(42(49)28-68)70-46-11-4-2-9-39(46)41-24-32(13-20-48(41)70)36-17-15-34(52(58,59)60)26-44(36)54(64,65)66/h1-26H. The minimum absolute atomic E-state index is 0.0301. The zero-order valence-electron chi connectivity index (χ0n) is 35.3. The summed E-state index contributed by atoms with van der Waals surface area (Å²) in [6, 6.07) is 39.4. The SMILES string of the molecule is N#Cc1cccc(-c2ccc(-n3c4ccccc4c4cc(-c5ccc(C(F)(F)F)cc5C(F)(F)F)ccc43)c(C#N)c2-n2c3ccccc3c3cc(-c4ccc(C(F)(F)F)cc4C(F)(F)F)ccc32)c1. The fourth-order valence-electron chi connectivity index (χ4n) is 9.29. The molecule has 16 heteroatoms. The summed E-state index contributed by atoms with van der Waals surface area (Å²) in [4.78, 5) is 0. The molecule has 70 heavy (non-hydrogen) atoms. The van der Waals surface area contributed by atoms with Crippen molar-refractivity contribution in [1.82, 2.24) is 9.13 Å². The fraction of sp³-hybridized carbons (Fsp3) is 0.0741. The molecule has 4 nitrogen and oxygen atoms in total. The van der Waals surface area contributed by atoms with Crippen LogP contribution in [0.5, 0.6) is 0 Å². The van der Waals surface area contributed by atoms with Gasteiger partial charge in [-0.25, -0.2) is 0 Å². The summed E-state index contributed by atoms with van der Waals surface area (Å²) in [5.74, 6) is 0. The number of hydrogen-bond donors (Lipinski definition) is 0. The molecule has 0 N–H and O–H groups in total. The summed E-state index contributed by atoms with van der Waals surface area (Å²) in [6.07, 6.45) is -20.4. The van der Waals surface area contributed by atoms with Crippen LogP contribution in [-0.2, 0) is 24.7 Å². The molecule has 10 aromatic rings. The second-order valence-electron chi connectivity index (χ2n) is 16.3. The van der Waals surface area contributed by atoms with Gasteiger partial charge in [0.1, 0.15) is 11.6 Å². The second kappa shape index (κ2) is 16.1. The van der Waals surface area contributed by atoms with Gasteiger partial charge in [0.2, 0.25) is 0 Å². The average molecular weight is 959 g/mol. The highest BCUT2D eigenvalue weighted by molar-refractivity contribution is 6.13. The number of hydrogen-bond acceptors (Lipinski definition) is 2. The highest BCUT2D eigenvalue weighted by atomic mass is 19.4. The molecule has 0 spiro atoms. The van der Waals surface area contributed by atoms with Gasteiger partial charge in [0, 0.05) is 27.1 Å². The van der Waals surface area contributed by atoms with Crippen LogP contribution in [0.4, 0.5) is 52.7 Å². The Bertz CT molecular complexity index is 3870. The number of fused-ring (bicyclic) bond motifs is 6. The monoisotopic (exact) mass is 958 g/mol. The van der Waals surface area contributed by atoms with E-state index in [1.54, 1.807) is 94.1 Å². The molecule has 0 aliphatic carbocycles. The zero-order chi connectivity index (χ0) is 49.7. The Morgan fingerprint density at radius 2 is 0.814 bits per heavy atom. The third-order valence-electron chi connectivity index (χ3n) is 12.3. The molecule has 0 fully saturated rings. The van der Waals surface area contributed by atoms with E-state index >= 15 is 0 Å². The van der Waals surface area contributed by atoms with Gasteiger partial charge in [-0.3, -0.25) is 0 Å². The maximum atomic E-state index is 14.5. The Morgan fingerprint density at radius 1 is 0.357 bits per heavy atom. The van der Waals surface area contributed by atoms with Crippen molar-refractivity contribution in [3.05, 3.63) is 191 Å². The van der Waals surface area contributed by atoms with Gasteiger partial charge in [0.15, 0.2) is 0 Å². The van der Waals surface area contributed by atoms with Crippen molar-refractivity contribution in [2.45, 2.75) is 24.7 Å². The molecule has 346 valence electrons. The first-order valence-corrected chi connectivity index (χ1v) is 20.9. The number of rotatable bonds is 5. The summed E-state index contributed by atoms with van der Waals surface area (Å²) >= 11 is 0. The van der Waals surface area contributed by atoms with Crippen molar-refractivity contribution in [3.8, 4) is 56.9 Å². The van der Waals surface area contributed by atoms with Gasteiger partial charge < -0.3 is 9.13 Å². The summed E-state index contributed by atoms with van der Waals surface area (Å²) < 4.78 is 172. The van der Waals surface area contributed by atoms with E-state index in [1.807, 2.05) is 0 Å². The Labute approximate surface area is 387 Å². The van der Waals surface area contributed by atoms with E-state index in [0.717, 1.165) is 12.1 Å². The van der Waals surface area contributed by atoms with E-state index < -0.39 is 58.1 Å². The average Bonchev–Trinajstić information content (AvgIpc) is 3.84. The molecule has 0 radical (unpaired) electrons. The quantitative estimate of drug-likeness (QED) is 0.161. The number of alkyl halides is 12. The number of halogens is 12. The van der Waals surface area contributed by atoms with Gasteiger partial charge in [-0.2, -0.15) is 63.2 Å². The molecular formula is C54H26F12N4. The smallest absolute Gasteiger partial charge is 0.308 e. The largest absolute Gasteiger partial charge is 0.417 e. The van der Waals surface area contributed by atoms with Gasteiger partial charge >= 0.3 is 24.7 Å². The van der Waals surface area contributed by atoms with Crippen LogP contribution in [0.25, 0.3) is 88.4 Å². The van der Waals surface area contributed by atoms with Crippen LogP contribution in [0.2, 0.25) is 0 Å². The maximum absolute atomic E-state index is 14.5. The second-order valence-corrected chi connectivity index (χ2v) is 16.3. The Morgan fingerprint density at radius 3 is 1.30 bits per heavy atom. The van der Waals surface area contributed by atoms with Crippen LogP contribution in [-0.4, -0.2) is 9.13 Å². The Kier molecular flexibility index (Phi) is 10.4. The first-order chi connectivity index (χ1) is 33.2. The van der Waals surface area contributed by atoms with Gasteiger partial charge in [-0.15, -0.1) is 0 Å². The third-order valence-corrected chi connectivity index (χ3v) is 12.3. The lowest BCUT2D eigenvalue weighted by Crippen LogP contribution is -2.12. The minimum Gasteiger partial charge on any atom is -0.308 e. The molecule has 8 aromatic carbocycles. The lowest BCUT2D eigenvalue weighted by atomic mass is 9.95. The first kappa shape index (κ1) is 45.3. The summed E-state index contributed by atoms with van der Waals surface area (Å²) in [6.45, 7) is 0. The number of benzene rings is 8. The topological polar surface area (TPSA) is 57.4 Å². The van der Waals surface area contributed by atoms with Crippen molar-refractivity contribution in [3.63, 3.8) is 0 Å². The number of nitrogens with zero attached hydrogens (tertiary/aromatic N) is 4. The molecule has 0 unspecified atom stereocenters. The minimum atomic E-state index is -5.17. The molecular weight excluding hydrogens is 933 g/mol. The predicted molar refractivity (Wildman–Crippen MR) is 241 cm³/mol. The van der Waals surface area contributed by atoms with Gasteiger partial charge in [0.25, 0.3) is 0 Å². The van der Waals surface area contributed by atoms with Crippen LogP contribution >= 0.6 is 0 Å². The highest BCUT2D eigenvalue weighted by Gasteiger charge is 2.40. The summed E-state index contributed by atoms with van der Waals surface area (Å²) in [5, 5.41) is 23.1. The summed E-state index contributed by atoms with van der Waals surface area (Å²) in [5.41, 5.74) is -3.54. The van der Waals surface area contributed by atoms with Gasteiger partial charge in [0.05, 0.1) is 67.3 Å². The van der Waals surface area contributed by atoms with E-state index in [-0.39, 0.29) is 45.8 Å². The zero-order valence-corrected chi connectivity index (χ0v) is 35.3. The molecule has 2 heterocycles. The molecule has 2 aromatic heterocycles. The molecule has 0 atom stereocenters. The Hall–Kier alpha value is -8.50. The van der Waals surface area contributed by atoms with E-state index in [1.165, 1.54) is 36.4 Å². The van der Waals surface area contributed by atoms with E-state index in [2.05, 4.69) is 12.1 Å². The highest BCUT2D eigenvalue weighted by Crippen LogP contribution is 2.47. The van der Waals surface area contributed by atoms with Crippen molar-refractivity contribution in [1.29, 1.82) is 10.5 Å². The summed E-state index contributed by atoms with van der Waals surface area (Å²) in [7, 11) is 0. The van der Waals surface area contributed by atoms with Crippen molar-refractivity contribution in [2.24, 2.45) is 0 Å². The molecule has 0 bridgehead atoms. The lowest BCUT2D eigenvalue weighted by Gasteiger charge is -2.20. The van der Waals surface area contributed by atoms with Crippen LogP contribution in [0.15, 0.2) is 158 Å². The number of para-hydroxylation sites is 2. The normalized spacial score (nSPS) is 12.5. The first-order valence-electron chi connectivity index (χ1n) is 20.9. The van der Waals surface area contributed by atoms with E-state index in [9.17, 15) is 63.2 Å². The van der Waals surface area contributed by atoms with Gasteiger partial charge in [-0.1, -0.05) is 78.9 Å². The molecule has 0 aliphatic rings. The van der Waals surface area contributed by atoms with Crippen LogP contribution in [0, 0.1) is 22.7 Å².